The minimum atomic E-state index is -0.408. The molecule has 8 nitrogen and oxygen atoms in total. The van der Waals surface area contributed by atoms with E-state index < -0.39 is 4.92 Å². The summed E-state index contributed by atoms with van der Waals surface area (Å²) in [7, 11) is 1.55. The SMILES string of the molecule is CCCCN(N)C(=O)c1ccc(Cc2c[nH]c3ccc([N+](=O)[O-])cc23)c(OC)c1. The maximum Gasteiger partial charge on any atom is 0.270 e. The van der Waals surface area contributed by atoms with E-state index in [-0.39, 0.29) is 11.6 Å². The number of hydrogen-bond acceptors (Lipinski definition) is 5. The number of nitro groups is 1. The lowest BCUT2D eigenvalue weighted by Gasteiger charge is -2.17. The quantitative estimate of drug-likeness (QED) is 0.260. The van der Waals surface area contributed by atoms with Crippen LogP contribution in [-0.4, -0.2) is 34.5 Å². The van der Waals surface area contributed by atoms with Crippen LogP contribution in [0.1, 0.15) is 41.3 Å². The van der Waals surface area contributed by atoms with Crippen molar-refractivity contribution >= 4 is 22.5 Å². The Balaban J connectivity index is 1.88. The average Bonchev–Trinajstić information content (AvgIpc) is 3.13. The molecule has 0 fully saturated rings. The Morgan fingerprint density at radius 2 is 2.03 bits per heavy atom. The molecule has 0 radical (unpaired) electrons. The number of aromatic amines is 1. The summed E-state index contributed by atoms with van der Waals surface area (Å²) in [6.45, 7) is 2.53. The van der Waals surface area contributed by atoms with E-state index in [1.165, 1.54) is 11.1 Å². The number of H-pyrrole nitrogens is 1. The lowest BCUT2D eigenvalue weighted by molar-refractivity contribution is -0.384. The summed E-state index contributed by atoms with van der Waals surface area (Å²) >= 11 is 0. The number of aromatic nitrogens is 1. The van der Waals surface area contributed by atoms with Crippen LogP contribution in [-0.2, 0) is 6.42 Å². The number of benzene rings is 2. The van der Waals surface area contributed by atoms with Crippen molar-refractivity contribution < 1.29 is 14.5 Å². The molecule has 2 aromatic carbocycles. The molecule has 0 aliphatic rings. The molecule has 1 heterocycles. The van der Waals surface area contributed by atoms with Crippen molar-refractivity contribution in [2.75, 3.05) is 13.7 Å². The molecule has 152 valence electrons. The van der Waals surface area contributed by atoms with Gasteiger partial charge in [0.25, 0.3) is 11.6 Å². The highest BCUT2D eigenvalue weighted by atomic mass is 16.6. The number of carbonyl (C=O) groups is 1. The Bertz CT molecular complexity index is 1040. The van der Waals surface area contributed by atoms with Crippen LogP contribution in [0.4, 0.5) is 5.69 Å². The largest absolute Gasteiger partial charge is 0.496 e. The van der Waals surface area contributed by atoms with Crippen LogP contribution in [0.5, 0.6) is 5.75 Å². The number of amides is 1. The van der Waals surface area contributed by atoms with Gasteiger partial charge in [-0.15, -0.1) is 0 Å². The summed E-state index contributed by atoms with van der Waals surface area (Å²) in [5, 5.41) is 13.1. The molecule has 0 aliphatic heterocycles. The third-order valence-corrected chi connectivity index (χ3v) is 4.89. The number of nitro benzene ring substituents is 1. The van der Waals surface area contributed by atoms with Gasteiger partial charge in [0.05, 0.1) is 12.0 Å². The van der Waals surface area contributed by atoms with Crippen molar-refractivity contribution in [1.82, 2.24) is 9.99 Å². The van der Waals surface area contributed by atoms with Crippen LogP contribution in [0.15, 0.2) is 42.6 Å². The Kier molecular flexibility index (Phi) is 6.13. The van der Waals surface area contributed by atoms with Gasteiger partial charge in [0.2, 0.25) is 0 Å². The molecule has 0 saturated carbocycles. The van der Waals surface area contributed by atoms with E-state index in [9.17, 15) is 14.9 Å². The summed E-state index contributed by atoms with van der Waals surface area (Å²) in [6, 6.07) is 9.97. The maximum atomic E-state index is 12.5. The third kappa shape index (κ3) is 4.38. The zero-order chi connectivity index (χ0) is 21.0. The van der Waals surface area contributed by atoms with E-state index in [4.69, 9.17) is 10.6 Å². The second kappa shape index (κ2) is 8.74. The Morgan fingerprint density at radius 3 is 2.72 bits per heavy atom. The first-order valence-corrected chi connectivity index (χ1v) is 9.42. The molecule has 0 saturated heterocycles. The second-order valence-corrected chi connectivity index (χ2v) is 6.86. The molecule has 0 aliphatic carbocycles. The van der Waals surface area contributed by atoms with Crippen LogP contribution in [0.3, 0.4) is 0 Å². The predicted octanol–water partition coefficient (Wildman–Crippen LogP) is 3.79. The molecular weight excluding hydrogens is 372 g/mol. The van der Waals surface area contributed by atoms with E-state index in [0.29, 0.717) is 24.3 Å². The van der Waals surface area contributed by atoms with Gasteiger partial charge < -0.3 is 9.72 Å². The van der Waals surface area contributed by atoms with Crippen LogP contribution in [0.25, 0.3) is 10.9 Å². The fourth-order valence-electron chi connectivity index (χ4n) is 3.25. The van der Waals surface area contributed by atoms with Crippen LogP contribution >= 0.6 is 0 Å². The number of ether oxygens (including phenoxy) is 1. The van der Waals surface area contributed by atoms with Gasteiger partial charge in [-0.3, -0.25) is 19.9 Å². The van der Waals surface area contributed by atoms with E-state index in [1.807, 2.05) is 19.2 Å². The normalized spacial score (nSPS) is 10.9. The van der Waals surface area contributed by atoms with Gasteiger partial charge in [0.1, 0.15) is 5.75 Å². The molecule has 1 aromatic heterocycles. The number of carbonyl (C=O) groups excluding carboxylic acids is 1. The van der Waals surface area contributed by atoms with Gasteiger partial charge in [0.15, 0.2) is 0 Å². The van der Waals surface area contributed by atoms with E-state index in [0.717, 1.165) is 34.9 Å². The van der Waals surface area contributed by atoms with Crippen molar-refractivity contribution in [3.05, 3.63) is 69.4 Å². The molecular formula is C21H24N4O4. The van der Waals surface area contributed by atoms with E-state index in [2.05, 4.69) is 4.98 Å². The number of hydrogen-bond donors (Lipinski definition) is 2. The monoisotopic (exact) mass is 396 g/mol. The summed E-state index contributed by atoms with van der Waals surface area (Å²) in [5.74, 6) is 6.17. The minimum Gasteiger partial charge on any atom is -0.496 e. The molecule has 3 rings (SSSR count). The molecule has 0 unspecified atom stereocenters. The first-order chi connectivity index (χ1) is 13.9. The van der Waals surface area contributed by atoms with Crippen molar-refractivity contribution in [1.29, 1.82) is 0 Å². The molecule has 0 atom stereocenters. The number of methoxy groups -OCH3 is 1. The molecule has 3 aromatic rings. The lowest BCUT2D eigenvalue weighted by atomic mass is 10.0. The van der Waals surface area contributed by atoms with Crippen molar-refractivity contribution in [2.45, 2.75) is 26.2 Å². The third-order valence-electron chi connectivity index (χ3n) is 4.89. The Hall–Kier alpha value is -3.39. The van der Waals surface area contributed by atoms with Gasteiger partial charge in [-0.05, 0) is 35.7 Å². The standard InChI is InChI=1S/C21H24N4O4/c1-3-4-9-24(22)21(26)15-6-5-14(20(11-15)29-2)10-16-13-23-19-8-7-17(25(27)28)12-18(16)19/h5-8,11-13,23H,3-4,9-10,22H2,1-2H3. The molecule has 29 heavy (non-hydrogen) atoms. The number of rotatable bonds is 8. The average molecular weight is 396 g/mol. The van der Waals surface area contributed by atoms with E-state index in [1.54, 1.807) is 31.4 Å². The predicted molar refractivity (Wildman–Crippen MR) is 111 cm³/mol. The summed E-state index contributed by atoms with van der Waals surface area (Å²) < 4.78 is 5.49. The van der Waals surface area contributed by atoms with Gasteiger partial charge in [0, 0.05) is 47.8 Å². The van der Waals surface area contributed by atoms with Crippen molar-refractivity contribution in [3.63, 3.8) is 0 Å². The molecule has 0 bridgehead atoms. The van der Waals surface area contributed by atoms with Gasteiger partial charge in [-0.1, -0.05) is 19.4 Å². The fourth-order valence-corrected chi connectivity index (χ4v) is 3.25. The highest BCUT2D eigenvalue weighted by molar-refractivity contribution is 5.94. The van der Waals surface area contributed by atoms with Crippen LogP contribution in [0.2, 0.25) is 0 Å². The van der Waals surface area contributed by atoms with Crippen LogP contribution < -0.4 is 10.6 Å². The summed E-state index contributed by atoms with van der Waals surface area (Å²) in [5.41, 5.74) is 3.10. The first-order valence-electron chi connectivity index (χ1n) is 9.42. The number of non-ortho nitro benzene ring substituents is 1. The molecule has 0 spiro atoms. The lowest BCUT2D eigenvalue weighted by Crippen LogP contribution is -2.38. The zero-order valence-corrected chi connectivity index (χ0v) is 16.5. The topological polar surface area (TPSA) is 114 Å². The first kappa shape index (κ1) is 20.3. The van der Waals surface area contributed by atoms with Crippen molar-refractivity contribution in [2.24, 2.45) is 5.84 Å². The fraction of sp³-hybridized carbons (Fsp3) is 0.286. The number of nitrogens with one attached hydrogen (secondary N) is 1. The zero-order valence-electron chi connectivity index (χ0n) is 16.5. The number of fused-ring (bicyclic) bond motifs is 1. The highest BCUT2D eigenvalue weighted by Crippen LogP contribution is 2.29. The molecule has 8 heteroatoms. The van der Waals surface area contributed by atoms with Crippen molar-refractivity contribution in [3.8, 4) is 5.75 Å². The molecule has 1 amide bonds. The Labute approximate surface area is 168 Å². The number of nitrogens with two attached hydrogens (primary N) is 1. The van der Waals surface area contributed by atoms with Crippen LogP contribution in [0, 0.1) is 10.1 Å². The summed E-state index contributed by atoms with van der Waals surface area (Å²) in [4.78, 5) is 26.3. The van der Waals surface area contributed by atoms with Gasteiger partial charge >= 0.3 is 0 Å². The molecule has 3 N–H and O–H groups in total. The van der Waals surface area contributed by atoms with E-state index >= 15 is 0 Å². The number of unbranched alkanes of at least 4 members (excludes halogenated alkanes) is 1. The summed E-state index contributed by atoms with van der Waals surface area (Å²) in [6.07, 6.45) is 4.12. The van der Waals surface area contributed by atoms with Gasteiger partial charge in [-0.25, -0.2) is 5.84 Å². The highest BCUT2D eigenvalue weighted by Gasteiger charge is 2.16. The minimum absolute atomic E-state index is 0.0429. The maximum absolute atomic E-state index is 12.5. The van der Waals surface area contributed by atoms with Gasteiger partial charge in [-0.2, -0.15) is 0 Å². The smallest absolute Gasteiger partial charge is 0.270 e. The Morgan fingerprint density at radius 1 is 1.24 bits per heavy atom. The number of hydrazine groups is 1. The second-order valence-electron chi connectivity index (χ2n) is 6.86. The number of nitrogens with zero attached hydrogens (tertiary/aromatic N) is 2.